The SMILES string of the molecule is COC(=O)c1ccn2cc(-c3cccc(OC)c3)nc2c1. The van der Waals surface area contributed by atoms with Crippen molar-refractivity contribution in [3.63, 3.8) is 0 Å². The number of hydrogen-bond donors (Lipinski definition) is 0. The second kappa shape index (κ2) is 5.28. The molecule has 0 aliphatic heterocycles. The maximum Gasteiger partial charge on any atom is 0.338 e. The number of pyridine rings is 1. The molecule has 0 bridgehead atoms. The van der Waals surface area contributed by atoms with Gasteiger partial charge in [0.05, 0.1) is 25.5 Å². The summed E-state index contributed by atoms with van der Waals surface area (Å²) < 4.78 is 11.8. The van der Waals surface area contributed by atoms with Gasteiger partial charge in [0.1, 0.15) is 11.4 Å². The lowest BCUT2D eigenvalue weighted by Gasteiger charge is -2.00. The van der Waals surface area contributed by atoms with E-state index in [1.165, 1.54) is 7.11 Å². The van der Waals surface area contributed by atoms with E-state index < -0.39 is 0 Å². The van der Waals surface area contributed by atoms with Gasteiger partial charge in [-0.2, -0.15) is 0 Å². The van der Waals surface area contributed by atoms with Gasteiger partial charge in [-0.3, -0.25) is 0 Å². The van der Waals surface area contributed by atoms with Gasteiger partial charge in [0, 0.05) is 18.0 Å². The van der Waals surface area contributed by atoms with Crippen LogP contribution in [0.1, 0.15) is 10.4 Å². The second-order valence-electron chi connectivity index (χ2n) is 4.53. The number of hydrogen-bond acceptors (Lipinski definition) is 4. The Kier molecular flexibility index (Phi) is 3.31. The van der Waals surface area contributed by atoms with Crippen molar-refractivity contribution in [1.82, 2.24) is 9.38 Å². The number of imidazole rings is 1. The van der Waals surface area contributed by atoms with Gasteiger partial charge < -0.3 is 13.9 Å². The molecule has 0 atom stereocenters. The van der Waals surface area contributed by atoms with Crippen LogP contribution in [0, 0.1) is 0 Å². The van der Waals surface area contributed by atoms with Crippen molar-refractivity contribution >= 4 is 11.6 Å². The van der Waals surface area contributed by atoms with Gasteiger partial charge in [0.25, 0.3) is 0 Å². The summed E-state index contributed by atoms with van der Waals surface area (Å²) in [4.78, 5) is 16.1. The predicted octanol–water partition coefficient (Wildman–Crippen LogP) is 2.80. The molecule has 5 heteroatoms. The van der Waals surface area contributed by atoms with Crippen molar-refractivity contribution in [1.29, 1.82) is 0 Å². The highest BCUT2D eigenvalue weighted by atomic mass is 16.5. The normalized spacial score (nSPS) is 10.6. The lowest BCUT2D eigenvalue weighted by atomic mass is 10.1. The Labute approximate surface area is 121 Å². The van der Waals surface area contributed by atoms with Crippen LogP contribution >= 0.6 is 0 Å². The van der Waals surface area contributed by atoms with Crippen LogP contribution in [-0.4, -0.2) is 29.6 Å². The number of methoxy groups -OCH3 is 2. The summed E-state index contributed by atoms with van der Waals surface area (Å²) >= 11 is 0. The Hall–Kier alpha value is -2.82. The summed E-state index contributed by atoms with van der Waals surface area (Å²) in [7, 11) is 2.99. The molecular formula is C16H14N2O3. The number of fused-ring (bicyclic) bond motifs is 1. The average Bonchev–Trinajstić information content (AvgIpc) is 2.97. The molecule has 5 nitrogen and oxygen atoms in total. The van der Waals surface area contributed by atoms with Crippen LogP contribution in [-0.2, 0) is 4.74 Å². The van der Waals surface area contributed by atoms with Crippen LogP contribution < -0.4 is 4.74 Å². The molecule has 0 amide bonds. The van der Waals surface area contributed by atoms with Crippen LogP contribution in [0.5, 0.6) is 5.75 Å². The Balaban J connectivity index is 2.06. The minimum Gasteiger partial charge on any atom is -0.497 e. The molecule has 0 N–H and O–H groups in total. The lowest BCUT2D eigenvalue weighted by molar-refractivity contribution is 0.0600. The van der Waals surface area contributed by atoms with E-state index in [1.54, 1.807) is 25.4 Å². The summed E-state index contributed by atoms with van der Waals surface area (Å²) in [6.07, 6.45) is 3.70. The zero-order valence-corrected chi connectivity index (χ0v) is 11.7. The smallest absolute Gasteiger partial charge is 0.338 e. The summed E-state index contributed by atoms with van der Waals surface area (Å²) in [5, 5.41) is 0. The first-order valence-corrected chi connectivity index (χ1v) is 6.43. The number of nitrogens with zero attached hydrogens (tertiary/aromatic N) is 2. The van der Waals surface area contributed by atoms with E-state index >= 15 is 0 Å². The van der Waals surface area contributed by atoms with E-state index in [1.807, 2.05) is 34.9 Å². The number of benzene rings is 1. The number of esters is 1. The highest BCUT2D eigenvalue weighted by molar-refractivity contribution is 5.90. The molecule has 21 heavy (non-hydrogen) atoms. The van der Waals surface area contributed by atoms with E-state index in [0.29, 0.717) is 11.2 Å². The first-order valence-electron chi connectivity index (χ1n) is 6.43. The molecule has 3 rings (SSSR count). The van der Waals surface area contributed by atoms with Crippen molar-refractivity contribution in [3.05, 3.63) is 54.4 Å². The van der Waals surface area contributed by atoms with Gasteiger partial charge in [0.15, 0.2) is 0 Å². The van der Waals surface area contributed by atoms with Crippen molar-refractivity contribution in [3.8, 4) is 17.0 Å². The molecule has 0 aliphatic carbocycles. The zero-order valence-electron chi connectivity index (χ0n) is 11.7. The van der Waals surface area contributed by atoms with Gasteiger partial charge >= 0.3 is 5.97 Å². The molecule has 0 radical (unpaired) electrons. The van der Waals surface area contributed by atoms with Gasteiger partial charge in [-0.15, -0.1) is 0 Å². The molecule has 2 aromatic heterocycles. The van der Waals surface area contributed by atoms with E-state index in [0.717, 1.165) is 17.0 Å². The Morgan fingerprint density at radius 1 is 1.19 bits per heavy atom. The molecule has 0 saturated heterocycles. The monoisotopic (exact) mass is 282 g/mol. The molecule has 2 heterocycles. The molecule has 0 aliphatic rings. The van der Waals surface area contributed by atoms with Gasteiger partial charge in [-0.25, -0.2) is 9.78 Å². The summed E-state index contributed by atoms with van der Waals surface area (Å²) in [5.41, 5.74) is 2.94. The van der Waals surface area contributed by atoms with E-state index in [2.05, 4.69) is 4.98 Å². The number of rotatable bonds is 3. The molecule has 106 valence electrons. The molecule has 3 aromatic rings. The third-order valence-corrected chi connectivity index (χ3v) is 3.25. The highest BCUT2D eigenvalue weighted by Gasteiger charge is 2.09. The largest absolute Gasteiger partial charge is 0.497 e. The van der Waals surface area contributed by atoms with E-state index in [9.17, 15) is 4.79 Å². The number of carbonyl (C=O) groups is 1. The maximum atomic E-state index is 11.5. The van der Waals surface area contributed by atoms with Crippen LogP contribution in [0.15, 0.2) is 48.8 Å². The molecular weight excluding hydrogens is 268 g/mol. The topological polar surface area (TPSA) is 52.8 Å². The molecule has 0 saturated carbocycles. The van der Waals surface area contributed by atoms with E-state index in [4.69, 9.17) is 9.47 Å². The van der Waals surface area contributed by atoms with Gasteiger partial charge in [0.2, 0.25) is 0 Å². The van der Waals surface area contributed by atoms with Crippen molar-refractivity contribution in [2.45, 2.75) is 0 Å². The zero-order chi connectivity index (χ0) is 14.8. The fourth-order valence-electron chi connectivity index (χ4n) is 2.15. The van der Waals surface area contributed by atoms with Crippen LogP contribution in [0.4, 0.5) is 0 Å². The first kappa shape index (κ1) is 13.2. The Morgan fingerprint density at radius 2 is 2.05 bits per heavy atom. The number of aromatic nitrogens is 2. The Bertz CT molecular complexity index is 808. The predicted molar refractivity (Wildman–Crippen MR) is 78.5 cm³/mol. The third kappa shape index (κ3) is 2.45. The summed E-state index contributed by atoms with van der Waals surface area (Å²) in [5.74, 6) is 0.406. The molecule has 0 unspecified atom stereocenters. The number of ether oxygens (including phenoxy) is 2. The molecule has 1 aromatic carbocycles. The van der Waals surface area contributed by atoms with Crippen molar-refractivity contribution < 1.29 is 14.3 Å². The van der Waals surface area contributed by atoms with Crippen LogP contribution in [0.25, 0.3) is 16.9 Å². The molecule has 0 spiro atoms. The summed E-state index contributed by atoms with van der Waals surface area (Å²) in [6.45, 7) is 0. The average molecular weight is 282 g/mol. The minimum absolute atomic E-state index is 0.372. The first-order chi connectivity index (χ1) is 10.2. The standard InChI is InChI=1S/C16H14N2O3/c1-20-13-5-3-4-11(8-13)14-10-18-7-6-12(16(19)21-2)9-15(18)17-14/h3-10H,1-2H3. The fraction of sp³-hybridized carbons (Fsp3) is 0.125. The quantitative estimate of drug-likeness (QED) is 0.693. The van der Waals surface area contributed by atoms with Gasteiger partial charge in [-0.05, 0) is 24.3 Å². The van der Waals surface area contributed by atoms with Crippen LogP contribution in [0.3, 0.4) is 0 Å². The van der Waals surface area contributed by atoms with Crippen molar-refractivity contribution in [2.24, 2.45) is 0 Å². The van der Waals surface area contributed by atoms with Crippen LogP contribution in [0.2, 0.25) is 0 Å². The third-order valence-electron chi connectivity index (χ3n) is 3.25. The molecule has 0 fully saturated rings. The fourth-order valence-corrected chi connectivity index (χ4v) is 2.15. The second-order valence-corrected chi connectivity index (χ2v) is 4.53. The maximum absolute atomic E-state index is 11.5. The summed E-state index contributed by atoms with van der Waals surface area (Å²) in [6, 6.07) is 11.1. The lowest BCUT2D eigenvalue weighted by Crippen LogP contribution is -2.01. The Morgan fingerprint density at radius 3 is 2.81 bits per heavy atom. The van der Waals surface area contributed by atoms with Gasteiger partial charge in [-0.1, -0.05) is 12.1 Å². The van der Waals surface area contributed by atoms with Crippen molar-refractivity contribution in [2.75, 3.05) is 14.2 Å². The number of carbonyl (C=O) groups excluding carboxylic acids is 1. The minimum atomic E-state index is -0.372. The highest BCUT2D eigenvalue weighted by Crippen LogP contribution is 2.23. The van der Waals surface area contributed by atoms with E-state index in [-0.39, 0.29) is 5.97 Å².